The first-order valence-corrected chi connectivity index (χ1v) is 12.4. The van der Waals surface area contributed by atoms with Gasteiger partial charge in [-0.15, -0.1) is 0 Å². The lowest BCUT2D eigenvalue weighted by atomic mass is 10.0. The summed E-state index contributed by atoms with van der Waals surface area (Å²) < 4.78 is 16.1. The molecule has 4 rings (SSSR count). The average molecular weight is 518 g/mol. The molecule has 0 aliphatic rings. The molecule has 0 spiro atoms. The minimum absolute atomic E-state index is 0.00729. The zero-order chi connectivity index (χ0) is 27.4. The lowest BCUT2D eigenvalue weighted by molar-refractivity contribution is -0.144. The van der Waals surface area contributed by atoms with Gasteiger partial charge in [0.15, 0.2) is 5.75 Å². The molecule has 0 saturated heterocycles. The summed E-state index contributed by atoms with van der Waals surface area (Å²) in [6, 6.07) is 14.5. The maximum absolute atomic E-state index is 12.7. The van der Waals surface area contributed by atoms with Crippen molar-refractivity contribution in [3.8, 4) is 11.5 Å². The molecule has 1 atom stereocenters. The Morgan fingerprint density at radius 3 is 2.42 bits per heavy atom. The zero-order valence-corrected chi connectivity index (χ0v) is 22.1. The predicted molar refractivity (Wildman–Crippen MR) is 148 cm³/mol. The van der Waals surface area contributed by atoms with Gasteiger partial charge in [0, 0.05) is 23.2 Å². The van der Waals surface area contributed by atoms with Gasteiger partial charge in [-0.3, -0.25) is 9.59 Å². The van der Waals surface area contributed by atoms with Gasteiger partial charge in [0.2, 0.25) is 0 Å². The molecular weight excluding hydrogens is 486 g/mol. The number of pyridine rings is 1. The molecule has 2 N–H and O–H groups in total. The molecule has 38 heavy (non-hydrogen) atoms. The first kappa shape index (κ1) is 26.7. The summed E-state index contributed by atoms with van der Waals surface area (Å²) in [5.41, 5.74) is 1.12. The summed E-state index contributed by atoms with van der Waals surface area (Å²) >= 11 is 0. The summed E-state index contributed by atoms with van der Waals surface area (Å²) in [6.45, 7) is 7.34. The number of aromatic nitrogens is 1. The van der Waals surface area contributed by atoms with Crippen LogP contribution in [0, 0.1) is 6.92 Å². The van der Waals surface area contributed by atoms with E-state index in [1.54, 1.807) is 27.9 Å². The normalized spacial score (nSPS) is 11.9. The summed E-state index contributed by atoms with van der Waals surface area (Å²) in [5.74, 6) is 0.870. The minimum atomic E-state index is -0.874. The van der Waals surface area contributed by atoms with Crippen LogP contribution in [-0.2, 0) is 16.0 Å². The van der Waals surface area contributed by atoms with Crippen LogP contribution < -0.4 is 31.0 Å². The molecule has 0 aliphatic carbocycles. The van der Waals surface area contributed by atoms with Crippen LogP contribution in [0.2, 0.25) is 0 Å². The fourth-order valence-electron chi connectivity index (χ4n) is 4.14. The number of nitrogens with one attached hydrogen (secondary N) is 2. The largest absolute Gasteiger partial charge is 0.497 e. The first-order chi connectivity index (χ1) is 18.2. The Hall–Kier alpha value is -4.40. The van der Waals surface area contributed by atoms with Gasteiger partial charge in [-0.25, -0.2) is 9.78 Å². The second-order valence-electron chi connectivity index (χ2n) is 9.20. The molecule has 198 valence electrons. The average Bonchev–Trinajstić information content (AvgIpc) is 2.90. The molecule has 1 heterocycles. The maximum Gasteiger partial charge on any atom is 0.328 e. The van der Waals surface area contributed by atoms with E-state index in [0.29, 0.717) is 5.82 Å². The number of methoxy groups -OCH3 is 1. The van der Waals surface area contributed by atoms with Crippen molar-refractivity contribution in [3.63, 3.8) is 0 Å². The van der Waals surface area contributed by atoms with Crippen molar-refractivity contribution in [1.29, 1.82) is 0 Å². The van der Waals surface area contributed by atoms with Crippen LogP contribution in [0.5, 0.6) is 11.5 Å². The summed E-state index contributed by atoms with van der Waals surface area (Å²) in [6.07, 6.45) is -0.0527. The van der Waals surface area contributed by atoms with Gasteiger partial charge in [-0.2, -0.15) is 0 Å². The van der Waals surface area contributed by atoms with E-state index in [2.05, 4.69) is 15.6 Å². The molecule has 0 saturated carbocycles. The third kappa shape index (κ3) is 5.77. The molecule has 9 nitrogen and oxygen atoms in total. The zero-order valence-electron chi connectivity index (χ0n) is 22.1. The first-order valence-electron chi connectivity index (χ1n) is 12.4. The number of rotatable bonds is 11. The summed E-state index contributed by atoms with van der Waals surface area (Å²) in [7, 11) is 1.63. The van der Waals surface area contributed by atoms with E-state index in [1.807, 2.05) is 55.5 Å². The van der Waals surface area contributed by atoms with Crippen LogP contribution in [0.1, 0.15) is 32.0 Å². The molecule has 0 amide bonds. The van der Waals surface area contributed by atoms with Crippen molar-refractivity contribution in [1.82, 2.24) is 4.98 Å². The number of hydrogen-bond donors (Lipinski definition) is 2. The van der Waals surface area contributed by atoms with Crippen molar-refractivity contribution in [2.75, 3.05) is 24.4 Å². The summed E-state index contributed by atoms with van der Waals surface area (Å²) in [5, 5.41) is 8.22. The standard InChI is InChI=1S/C29H31N3O6/c1-6-37-29(35)23(32-24-25(33)26(34)27(24)38-16(2)3)14-18-7-10-20(11-8-18)31-28-22-15-21(36-5)12-9-19(22)13-17(4)30-28/h7-13,15-16,23,32H,6,14H2,1-5H3,(H,30,31)/t23-/m0/s1. The van der Waals surface area contributed by atoms with E-state index in [-0.39, 0.29) is 30.6 Å². The van der Waals surface area contributed by atoms with Crippen LogP contribution in [0.15, 0.2) is 58.1 Å². The van der Waals surface area contributed by atoms with Crippen LogP contribution in [-0.4, -0.2) is 36.8 Å². The molecule has 0 aliphatic heterocycles. The molecule has 9 heteroatoms. The number of carbonyl (C=O) groups excluding carboxylic acids is 1. The van der Waals surface area contributed by atoms with Gasteiger partial charge in [0.25, 0.3) is 10.9 Å². The highest BCUT2D eigenvalue weighted by Crippen LogP contribution is 2.29. The Kier molecular flexibility index (Phi) is 7.95. The monoisotopic (exact) mass is 517 g/mol. The smallest absolute Gasteiger partial charge is 0.328 e. The van der Waals surface area contributed by atoms with Crippen molar-refractivity contribution in [3.05, 3.63) is 80.2 Å². The maximum atomic E-state index is 12.7. The highest BCUT2D eigenvalue weighted by atomic mass is 16.5. The molecule has 0 radical (unpaired) electrons. The fourth-order valence-corrected chi connectivity index (χ4v) is 4.14. The fraction of sp³-hybridized carbons (Fsp3) is 0.310. The van der Waals surface area contributed by atoms with Gasteiger partial charge in [-0.05, 0) is 69.0 Å². The molecular formula is C29H31N3O6. The van der Waals surface area contributed by atoms with Gasteiger partial charge in [-0.1, -0.05) is 18.2 Å². The van der Waals surface area contributed by atoms with Gasteiger partial charge in [0.05, 0.1) is 19.8 Å². The minimum Gasteiger partial charge on any atom is -0.497 e. The quantitative estimate of drug-likeness (QED) is 0.222. The second kappa shape index (κ2) is 11.3. The lowest BCUT2D eigenvalue weighted by Gasteiger charge is -2.22. The van der Waals surface area contributed by atoms with E-state index >= 15 is 0 Å². The Bertz CT molecular complexity index is 1520. The second-order valence-corrected chi connectivity index (χ2v) is 9.20. The number of esters is 1. The third-order valence-corrected chi connectivity index (χ3v) is 5.93. The van der Waals surface area contributed by atoms with Crippen molar-refractivity contribution >= 4 is 33.9 Å². The van der Waals surface area contributed by atoms with Gasteiger partial charge < -0.3 is 24.8 Å². The number of hydrogen-bond acceptors (Lipinski definition) is 9. The number of anilines is 3. The number of aryl methyl sites for hydroxylation is 1. The Morgan fingerprint density at radius 1 is 1.03 bits per heavy atom. The highest BCUT2D eigenvalue weighted by molar-refractivity contribution is 5.94. The van der Waals surface area contributed by atoms with Crippen molar-refractivity contribution in [2.24, 2.45) is 0 Å². The van der Waals surface area contributed by atoms with E-state index in [4.69, 9.17) is 14.2 Å². The number of ether oxygens (including phenoxy) is 3. The van der Waals surface area contributed by atoms with Crippen LogP contribution in [0.3, 0.4) is 0 Å². The molecule has 0 unspecified atom stereocenters. The third-order valence-electron chi connectivity index (χ3n) is 5.93. The number of carbonyl (C=O) groups is 1. The van der Waals surface area contributed by atoms with Gasteiger partial charge in [0.1, 0.15) is 23.3 Å². The molecule has 3 aromatic carbocycles. The molecule has 0 fully saturated rings. The topological polar surface area (TPSA) is 116 Å². The van der Waals surface area contributed by atoms with E-state index < -0.39 is 22.9 Å². The molecule has 0 bridgehead atoms. The van der Waals surface area contributed by atoms with Crippen LogP contribution >= 0.6 is 0 Å². The van der Waals surface area contributed by atoms with E-state index in [0.717, 1.165) is 33.5 Å². The Morgan fingerprint density at radius 2 is 1.76 bits per heavy atom. The van der Waals surface area contributed by atoms with Gasteiger partial charge >= 0.3 is 5.97 Å². The van der Waals surface area contributed by atoms with Crippen LogP contribution in [0.25, 0.3) is 10.8 Å². The summed E-state index contributed by atoms with van der Waals surface area (Å²) in [4.78, 5) is 41.5. The number of nitrogens with zero attached hydrogens (tertiary/aromatic N) is 1. The number of benzene rings is 2. The number of fused-ring (bicyclic) bond motifs is 1. The van der Waals surface area contributed by atoms with Crippen molar-refractivity contribution in [2.45, 2.75) is 46.3 Å². The van der Waals surface area contributed by atoms with Crippen LogP contribution in [0.4, 0.5) is 17.2 Å². The highest BCUT2D eigenvalue weighted by Gasteiger charge is 2.29. The predicted octanol–water partition coefficient (Wildman–Crippen LogP) is 4.26. The van der Waals surface area contributed by atoms with E-state index in [1.165, 1.54) is 0 Å². The van der Waals surface area contributed by atoms with Crippen molar-refractivity contribution < 1.29 is 19.0 Å². The SMILES string of the molecule is CCOC(=O)[C@H](Cc1ccc(Nc2nc(C)cc3ccc(OC)cc23)cc1)Nc1c(OC(C)C)c(=O)c1=O. The lowest BCUT2D eigenvalue weighted by Crippen LogP contribution is -2.42. The Labute approximate surface area is 220 Å². The van der Waals surface area contributed by atoms with E-state index in [9.17, 15) is 14.4 Å². The molecule has 1 aromatic heterocycles. The Balaban J connectivity index is 1.54. The molecule has 4 aromatic rings.